The lowest BCUT2D eigenvalue weighted by atomic mass is 10.0. The fourth-order valence-corrected chi connectivity index (χ4v) is 2.66. The van der Waals surface area contributed by atoms with Crippen molar-refractivity contribution in [3.8, 4) is 28.4 Å². The molecule has 0 aliphatic rings. The van der Waals surface area contributed by atoms with Crippen LogP contribution in [0.1, 0.15) is 0 Å². The number of hydrogen-bond donors (Lipinski definition) is 1. The summed E-state index contributed by atoms with van der Waals surface area (Å²) in [5.41, 5.74) is 7.00. The van der Waals surface area contributed by atoms with E-state index in [1.165, 1.54) is 21.3 Å². The third-order valence-corrected chi connectivity index (χ3v) is 3.78. The summed E-state index contributed by atoms with van der Waals surface area (Å²) in [5.74, 6) is 1.33. The molecule has 0 aliphatic carbocycles. The van der Waals surface area contributed by atoms with Crippen molar-refractivity contribution in [3.63, 3.8) is 0 Å². The van der Waals surface area contributed by atoms with Crippen LogP contribution in [-0.2, 0) is 0 Å². The van der Waals surface area contributed by atoms with Crippen molar-refractivity contribution >= 4 is 16.9 Å². The van der Waals surface area contributed by atoms with Crippen molar-refractivity contribution in [2.45, 2.75) is 0 Å². The fourth-order valence-electron chi connectivity index (χ4n) is 2.66. The van der Waals surface area contributed by atoms with Crippen molar-refractivity contribution in [2.24, 2.45) is 0 Å². The quantitative estimate of drug-likeness (QED) is 0.793. The molecule has 0 saturated carbocycles. The number of anilines is 1. The van der Waals surface area contributed by atoms with Crippen molar-refractivity contribution in [1.29, 1.82) is 0 Å². The normalized spacial score (nSPS) is 10.6. The van der Waals surface area contributed by atoms with Crippen LogP contribution in [0.25, 0.3) is 22.1 Å². The van der Waals surface area contributed by atoms with Crippen LogP contribution in [0.2, 0.25) is 0 Å². The topological polar surface area (TPSA) is 83.9 Å². The maximum absolute atomic E-state index is 12.9. The van der Waals surface area contributed by atoms with Crippen LogP contribution in [0.5, 0.6) is 17.2 Å². The molecular weight excluding hydrogens is 310 g/mol. The molecule has 0 aliphatic heterocycles. The average Bonchev–Trinajstić information content (AvgIpc) is 2.60. The molecule has 0 radical (unpaired) electrons. The molecule has 3 aromatic rings. The number of para-hydroxylation sites is 1. The first-order valence-corrected chi connectivity index (χ1v) is 7.22. The second kappa shape index (κ2) is 6.16. The molecule has 0 atom stereocenters. The molecular formula is C18H17NO5. The molecule has 124 valence electrons. The van der Waals surface area contributed by atoms with Crippen molar-refractivity contribution in [1.82, 2.24) is 0 Å². The van der Waals surface area contributed by atoms with Crippen molar-refractivity contribution in [2.75, 3.05) is 27.1 Å². The second-order valence-electron chi connectivity index (χ2n) is 5.08. The van der Waals surface area contributed by atoms with E-state index in [1.807, 2.05) is 0 Å². The maximum Gasteiger partial charge on any atom is 0.203 e. The molecule has 2 aromatic carbocycles. The predicted octanol–water partition coefficient (Wildman–Crippen LogP) is 3.07. The Hall–Kier alpha value is -3.15. The molecule has 0 bridgehead atoms. The lowest BCUT2D eigenvalue weighted by molar-refractivity contribution is 0.324. The molecule has 0 fully saturated rings. The van der Waals surface area contributed by atoms with Crippen LogP contribution >= 0.6 is 0 Å². The standard InChI is InChI=1S/C18H17NO5/c1-21-13-8-10(9-14(22-2)17(13)23-3)15-16(20)11-6-4-5-7-12(11)24-18(15)19/h4-9H,19H2,1-3H3. The van der Waals surface area contributed by atoms with Gasteiger partial charge in [-0.05, 0) is 29.8 Å². The Morgan fingerprint density at radius 1 is 0.958 bits per heavy atom. The molecule has 0 saturated heterocycles. The first-order valence-electron chi connectivity index (χ1n) is 7.22. The van der Waals surface area contributed by atoms with Gasteiger partial charge < -0.3 is 24.4 Å². The van der Waals surface area contributed by atoms with Gasteiger partial charge in [-0.3, -0.25) is 4.79 Å². The predicted molar refractivity (Wildman–Crippen MR) is 92.0 cm³/mol. The highest BCUT2D eigenvalue weighted by molar-refractivity contribution is 5.87. The van der Waals surface area contributed by atoms with E-state index in [9.17, 15) is 4.79 Å². The van der Waals surface area contributed by atoms with E-state index >= 15 is 0 Å². The summed E-state index contributed by atoms with van der Waals surface area (Å²) in [7, 11) is 4.53. The lowest BCUT2D eigenvalue weighted by Crippen LogP contribution is -2.09. The van der Waals surface area contributed by atoms with E-state index in [4.69, 9.17) is 24.4 Å². The summed E-state index contributed by atoms with van der Waals surface area (Å²) in [6.45, 7) is 0. The van der Waals surface area contributed by atoms with Gasteiger partial charge in [-0.15, -0.1) is 0 Å². The molecule has 24 heavy (non-hydrogen) atoms. The van der Waals surface area contributed by atoms with Gasteiger partial charge in [0.25, 0.3) is 0 Å². The molecule has 1 heterocycles. The van der Waals surface area contributed by atoms with Crippen LogP contribution in [0.4, 0.5) is 5.88 Å². The molecule has 0 spiro atoms. The summed E-state index contributed by atoms with van der Waals surface area (Å²) < 4.78 is 21.6. The minimum Gasteiger partial charge on any atom is -0.493 e. The van der Waals surface area contributed by atoms with E-state index in [0.717, 1.165) is 0 Å². The summed E-state index contributed by atoms with van der Waals surface area (Å²) in [4.78, 5) is 12.9. The SMILES string of the molecule is COc1cc(-c2c(N)oc3ccccc3c2=O)cc(OC)c1OC. The van der Waals surface area contributed by atoms with Gasteiger partial charge in [-0.1, -0.05) is 12.1 Å². The van der Waals surface area contributed by atoms with Gasteiger partial charge in [0.2, 0.25) is 17.1 Å². The van der Waals surface area contributed by atoms with Crippen LogP contribution in [0, 0.1) is 0 Å². The smallest absolute Gasteiger partial charge is 0.203 e. The molecule has 2 N–H and O–H groups in total. The number of methoxy groups -OCH3 is 3. The summed E-state index contributed by atoms with van der Waals surface area (Å²) >= 11 is 0. The van der Waals surface area contributed by atoms with E-state index in [1.54, 1.807) is 36.4 Å². The highest BCUT2D eigenvalue weighted by Gasteiger charge is 2.19. The second-order valence-corrected chi connectivity index (χ2v) is 5.08. The Balaban J connectivity index is 2.34. The van der Waals surface area contributed by atoms with Gasteiger partial charge in [0, 0.05) is 0 Å². The minimum atomic E-state index is -0.219. The Kier molecular flexibility index (Phi) is 4.04. The lowest BCUT2D eigenvalue weighted by Gasteiger charge is -2.14. The summed E-state index contributed by atoms with van der Waals surface area (Å²) in [6, 6.07) is 10.3. The molecule has 0 unspecified atom stereocenters. The highest BCUT2D eigenvalue weighted by atomic mass is 16.5. The zero-order chi connectivity index (χ0) is 17.3. The van der Waals surface area contributed by atoms with Gasteiger partial charge in [-0.2, -0.15) is 0 Å². The largest absolute Gasteiger partial charge is 0.493 e. The third kappa shape index (κ3) is 2.42. The van der Waals surface area contributed by atoms with Crippen molar-refractivity contribution in [3.05, 3.63) is 46.6 Å². The van der Waals surface area contributed by atoms with Gasteiger partial charge in [0.1, 0.15) is 5.58 Å². The Bertz CT molecular complexity index is 936. The summed E-state index contributed by atoms with van der Waals surface area (Å²) in [6.07, 6.45) is 0. The molecule has 0 amide bonds. The number of rotatable bonds is 4. The van der Waals surface area contributed by atoms with Gasteiger partial charge in [-0.25, -0.2) is 0 Å². The van der Waals surface area contributed by atoms with Gasteiger partial charge >= 0.3 is 0 Å². The van der Waals surface area contributed by atoms with Crippen LogP contribution in [-0.4, -0.2) is 21.3 Å². The number of ether oxygens (including phenoxy) is 3. The monoisotopic (exact) mass is 327 g/mol. The zero-order valence-electron chi connectivity index (χ0n) is 13.6. The molecule has 6 heteroatoms. The average molecular weight is 327 g/mol. The highest BCUT2D eigenvalue weighted by Crippen LogP contribution is 2.41. The molecule has 1 aromatic heterocycles. The van der Waals surface area contributed by atoms with E-state index < -0.39 is 0 Å². The Morgan fingerprint density at radius 2 is 1.58 bits per heavy atom. The van der Waals surface area contributed by atoms with Crippen LogP contribution in [0.15, 0.2) is 45.6 Å². The number of fused-ring (bicyclic) bond motifs is 1. The van der Waals surface area contributed by atoms with Crippen LogP contribution in [0.3, 0.4) is 0 Å². The fraction of sp³-hybridized carbons (Fsp3) is 0.167. The number of nitrogens with two attached hydrogens (primary N) is 1. The Labute approximate surface area is 138 Å². The zero-order valence-corrected chi connectivity index (χ0v) is 13.6. The summed E-state index contributed by atoms with van der Waals surface area (Å²) in [5, 5.41) is 0.454. The maximum atomic E-state index is 12.9. The van der Waals surface area contributed by atoms with Gasteiger partial charge in [0.15, 0.2) is 11.5 Å². The van der Waals surface area contributed by atoms with E-state index in [-0.39, 0.29) is 16.9 Å². The molecule has 3 rings (SSSR count). The Morgan fingerprint density at radius 3 is 2.17 bits per heavy atom. The number of benzene rings is 2. The molecule has 6 nitrogen and oxygen atoms in total. The number of hydrogen-bond acceptors (Lipinski definition) is 6. The first-order chi connectivity index (χ1) is 11.6. The van der Waals surface area contributed by atoms with Crippen LogP contribution < -0.4 is 25.4 Å². The van der Waals surface area contributed by atoms with E-state index in [0.29, 0.717) is 33.8 Å². The minimum absolute atomic E-state index is 0.0352. The van der Waals surface area contributed by atoms with Gasteiger partial charge in [0.05, 0.1) is 32.3 Å². The first kappa shape index (κ1) is 15.7. The third-order valence-electron chi connectivity index (χ3n) is 3.78. The number of nitrogen functional groups attached to an aromatic ring is 1. The van der Waals surface area contributed by atoms with Crippen molar-refractivity contribution < 1.29 is 18.6 Å². The van der Waals surface area contributed by atoms with E-state index in [2.05, 4.69) is 0 Å².